The van der Waals surface area contributed by atoms with Crippen LogP contribution in [0.4, 0.5) is 4.79 Å². The molecule has 26 heavy (non-hydrogen) atoms. The Kier molecular flexibility index (Phi) is 5.75. The van der Waals surface area contributed by atoms with Gasteiger partial charge in [-0.2, -0.15) is 0 Å². The molecule has 1 aliphatic carbocycles. The molecule has 1 N–H and O–H groups in total. The van der Waals surface area contributed by atoms with Crippen molar-refractivity contribution >= 4 is 35.2 Å². The molecule has 1 heterocycles. The lowest BCUT2D eigenvalue weighted by atomic mass is 9.94. The summed E-state index contributed by atoms with van der Waals surface area (Å²) in [6.45, 7) is 2.19. The topological polar surface area (TPSA) is 67.9 Å². The Balaban J connectivity index is 2.00. The van der Waals surface area contributed by atoms with Crippen molar-refractivity contribution in [3.05, 3.63) is 45.1 Å². The van der Waals surface area contributed by atoms with E-state index >= 15 is 0 Å². The maximum Gasteiger partial charge on any atom is 0.338 e. The lowest BCUT2D eigenvalue weighted by Crippen LogP contribution is -2.49. The average Bonchev–Trinajstić information content (AvgIpc) is 3.39. The second-order valence-electron chi connectivity index (χ2n) is 6.28. The molecule has 1 fully saturated rings. The van der Waals surface area contributed by atoms with Crippen molar-refractivity contribution < 1.29 is 19.1 Å². The summed E-state index contributed by atoms with van der Waals surface area (Å²) in [6.07, 6.45) is 1.84. The van der Waals surface area contributed by atoms with Gasteiger partial charge in [0.25, 0.3) is 0 Å². The molecule has 2 aliphatic rings. The number of allylic oxidation sites excluding steroid dienone is 1. The third kappa shape index (κ3) is 3.82. The molecule has 2 amide bonds. The van der Waals surface area contributed by atoms with E-state index in [4.69, 9.17) is 32.7 Å². The van der Waals surface area contributed by atoms with Crippen LogP contribution in [0.5, 0.6) is 0 Å². The summed E-state index contributed by atoms with van der Waals surface area (Å²) < 4.78 is 10.2. The number of halogens is 2. The highest BCUT2D eigenvalue weighted by atomic mass is 35.5. The second kappa shape index (κ2) is 7.86. The summed E-state index contributed by atoms with van der Waals surface area (Å²) in [5.41, 5.74) is 1.56. The molecule has 0 bridgehead atoms. The number of ether oxygens (including phenoxy) is 2. The van der Waals surface area contributed by atoms with E-state index in [1.165, 1.54) is 7.11 Å². The number of amides is 2. The van der Waals surface area contributed by atoms with E-state index in [-0.39, 0.29) is 18.7 Å². The van der Waals surface area contributed by atoms with Crippen molar-refractivity contribution in [3.63, 3.8) is 0 Å². The van der Waals surface area contributed by atoms with Crippen LogP contribution in [0, 0.1) is 0 Å². The SMILES string of the molecule is COCCOC(=O)C1=C(C)N(C2CC2)C(=O)NC1c1ccc(Cl)cc1Cl. The fraction of sp³-hybridized carbons (Fsp3) is 0.444. The summed E-state index contributed by atoms with van der Waals surface area (Å²) in [6, 6.07) is 4.15. The van der Waals surface area contributed by atoms with Gasteiger partial charge in [0.15, 0.2) is 0 Å². The van der Waals surface area contributed by atoms with Crippen LogP contribution in [0.25, 0.3) is 0 Å². The predicted octanol–water partition coefficient (Wildman–Crippen LogP) is 3.69. The van der Waals surface area contributed by atoms with Gasteiger partial charge in [0, 0.05) is 28.9 Å². The number of nitrogens with zero attached hydrogens (tertiary/aromatic N) is 1. The standard InChI is InChI=1S/C18H20Cl2N2O4/c1-10-15(17(23)26-8-7-25-2)16(13-6-3-11(19)9-14(13)20)21-18(24)22(10)12-4-5-12/h3,6,9,12,16H,4-5,7-8H2,1-2H3,(H,21,24). The summed E-state index contributed by atoms with van der Waals surface area (Å²) in [7, 11) is 1.53. The van der Waals surface area contributed by atoms with E-state index in [0.717, 1.165) is 12.8 Å². The molecule has 140 valence electrons. The van der Waals surface area contributed by atoms with Gasteiger partial charge in [0.1, 0.15) is 6.61 Å². The second-order valence-corrected chi connectivity index (χ2v) is 7.12. The van der Waals surface area contributed by atoms with E-state index < -0.39 is 12.0 Å². The van der Waals surface area contributed by atoms with Crippen LogP contribution in [0.2, 0.25) is 10.0 Å². The molecular weight excluding hydrogens is 379 g/mol. The first-order valence-corrected chi connectivity index (χ1v) is 9.11. The number of nitrogens with one attached hydrogen (secondary N) is 1. The van der Waals surface area contributed by atoms with Gasteiger partial charge in [-0.05, 0) is 37.5 Å². The summed E-state index contributed by atoms with van der Waals surface area (Å²) in [4.78, 5) is 27.0. The molecule has 0 spiro atoms. The van der Waals surface area contributed by atoms with Gasteiger partial charge < -0.3 is 14.8 Å². The molecule has 3 rings (SSSR count). The number of urea groups is 1. The van der Waals surface area contributed by atoms with Gasteiger partial charge in [-0.25, -0.2) is 9.59 Å². The van der Waals surface area contributed by atoms with Crippen LogP contribution in [0.15, 0.2) is 29.5 Å². The van der Waals surface area contributed by atoms with E-state index in [9.17, 15) is 9.59 Å². The maximum atomic E-state index is 12.8. The third-order valence-electron chi connectivity index (χ3n) is 4.45. The van der Waals surface area contributed by atoms with Gasteiger partial charge in [0.2, 0.25) is 0 Å². The Morgan fingerprint density at radius 3 is 2.65 bits per heavy atom. The van der Waals surface area contributed by atoms with Crippen molar-refractivity contribution in [1.29, 1.82) is 0 Å². The molecule has 1 aromatic rings. The zero-order chi connectivity index (χ0) is 18.8. The van der Waals surface area contributed by atoms with Gasteiger partial charge in [-0.3, -0.25) is 4.90 Å². The fourth-order valence-electron chi connectivity index (χ4n) is 3.06. The predicted molar refractivity (Wildman–Crippen MR) is 98.1 cm³/mol. The quantitative estimate of drug-likeness (QED) is 0.585. The Labute approximate surface area is 162 Å². The molecule has 1 aliphatic heterocycles. The first-order valence-electron chi connectivity index (χ1n) is 8.35. The fourth-order valence-corrected chi connectivity index (χ4v) is 3.58. The molecule has 0 saturated heterocycles. The van der Waals surface area contributed by atoms with Gasteiger partial charge in [0.05, 0.1) is 18.2 Å². The summed E-state index contributed by atoms with van der Waals surface area (Å²) >= 11 is 12.3. The lowest BCUT2D eigenvalue weighted by Gasteiger charge is -2.35. The zero-order valence-electron chi connectivity index (χ0n) is 14.6. The highest BCUT2D eigenvalue weighted by Gasteiger charge is 2.43. The Morgan fingerprint density at radius 2 is 2.04 bits per heavy atom. The summed E-state index contributed by atoms with van der Waals surface area (Å²) in [5.74, 6) is -0.499. The van der Waals surface area contributed by atoms with E-state index in [1.807, 2.05) is 0 Å². The minimum Gasteiger partial charge on any atom is -0.460 e. The van der Waals surface area contributed by atoms with Crippen molar-refractivity contribution in [1.82, 2.24) is 10.2 Å². The molecule has 8 heteroatoms. The number of methoxy groups -OCH3 is 1. The van der Waals surface area contributed by atoms with E-state index in [0.29, 0.717) is 33.5 Å². The monoisotopic (exact) mass is 398 g/mol. The molecule has 1 unspecified atom stereocenters. The smallest absolute Gasteiger partial charge is 0.338 e. The molecular formula is C18H20Cl2N2O4. The minimum absolute atomic E-state index is 0.124. The number of esters is 1. The first-order chi connectivity index (χ1) is 12.4. The third-order valence-corrected chi connectivity index (χ3v) is 5.01. The van der Waals surface area contributed by atoms with Crippen molar-refractivity contribution in [2.45, 2.75) is 31.8 Å². The summed E-state index contributed by atoms with van der Waals surface area (Å²) in [5, 5.41) is 3.74. The largest absolute Gasteiger partial charge is 0.460 e. The van der Waals surface area contributed by atoms with E-state index in [2.05, 4.69) is 5.32 Å². The molecule has 6 nitrogen and oxygen atoms in total. The van der Waals surface area contributed by atoms with Gasteiger partial charge in [-0.15, -0.1) is 0 Å². The highest BCUT2D eigenvalue weighted by molar-refractivity contribution is 6.35. The molecule has 0 aromatic heterocycles. The number of carbonyl (C=O) groups excluding carboxylic acids is 2. The minimum atomic E-state index is -0.697. The number of benzene rings is 1. The number of rotatable bonds is 6. The lowest BCUT2D eigenvalue weighted by molar-refractivity contribution is -0.140. The van der Waals surface area contributed by atoms with Crippen molar-refractivity contribution in [3.8, 4) is 0 Å². The molecule has 1 saturated carbocycles. The van der Waals surface area contributed by atoms with Gasteiger partial charge >= 0.3 is 12.0 Å². The normalized spacial score (nSPS) is 20.2. The number of hydrogen-bond donors (Lipinski definition) is 1. The Hall–Kier alpha value is -1.76. The van der Waals surface area contributed by atoms with Crippen molar-refractivity contribution in [2.75, 3.05) is 20.3 Å². The Morgan fingerprint density at radius 1 is 1.31 bits per heavy atom. The van der Waals surface area contributed by atoms with Crippen LogP contribution in [-0.2, 0) is 14.3 Å². The van der Waals surface area contributed by atoms with E-state index in [1.54, 1.807) is 30.0 Å². The van der Waals surface area contributed by atoms with Crippen LogP contribution in [0.1, 0.15) is 31.4 Å². The maximum absolute atomic E-state index is 12.8. The molecule has 1 atom stereocenters. The highest BCUT2D eigenvalue weighted by Crippen LogP contribution is 2.39. The first kappa shape index (κ1) is 19.0. The van der Waals surface area contributed by atoms with Crippen LogP contribution in [-0.4, -0.2) is 43.3 Å². The van der Waals surface area contributed by atoms with Crippen LogP contribution in [0.3, 0.4) is 0 Å². The Bertz CT molecular complexity index is 762. The number of carbonyl (C=O) groups is 2. The zero-order valence-corrected chi connectivity index (χ0v) is 16.1. The van der Waals surface area contributed by atoms with Crippen molar-refractivity contribution in [2.24, 2.45) is 0 Å². The van der Waals surface area contributed by atoms with Crippen LogP contribution >= 0.6 is 23.2 Å². The van der Waals surface area contributed by atoms with Crippen LogP contribution < -0.4 is 5.32 Å². The average molecular weight is 399 g/mol. The molecule has 0 radical (unpaired) electrons. The van der Waals surface area contributed by atoms with Gasteiger partial charge in [-0.1, -0.05) is 29.3 Å². The number of hydrogen-bond acceptors (Lipinski definition) is 4. The molecule has 1 aromatic carbocycles.